The van der Waals surface area contributed by atoms with Crippen LogP contribution in [0.1, 0.15) is 15.9 Å². The Morgan fingerprint density at radius 2 is 1.72 bits per heavy atom. The van der Waals surface area contributed by atoms with Gasteiger partial charge in [-0.3, -0.25) is 0 Å². The predicted octanol–water partition coefficient (Wildman–Crippen LogP) is 3.46. The van der Waals surface area contributed by atoms with Crippen molar-refractivity contribution < 1.29 is 9.53 Å². The summed E-state index contributed by atoms with van der Waals surface area (Å²) in [7, 11) is 1.66. The standard InChI is InChI=1S/C24H20N2O2Se/c1-16-6-3-10-21(29-19-13-11-18(28-2)12-14-19)22(16)24(27)26-20-9-4-7-17-8-5-15-25-23(17)20/h3-15H,1-2H3,(H,26,27). The Hall–Kier alpha value is -3.14. The number of aryl methyl sites for hydroxylation is 1. The van der Waals surface area contributed by atoms with E-state index in [-0.39, 0.29) is 20.9 Å². The van der Waals surface area contributed by atoms with Crippen LogP contribution < -0.4 is 19.0 Å². The summed E-state index contributed by atoms with van der Waals surface area (Å²) in [5.74, 6) is 0.724. The molecule has 1 N–H and O–H groups in total. The minimum atomic E-state index is -0.105. The van der Waals surface area contributed by atoms with Crippen LogP contribution in [-0.2, 0) is 0 Å². The summed E-state index contributed by atoms with van der Waals surface area (Å²) in [6.07, 6.45) is 1.74. The van der Waals surface area contributed by atoms with Gasteiger partial charge in [-0.15, -0.1) is 0 Å². The molecule has 4 nitrogen and oxygen atoms in total. The van der Waals surface area contributed by atoms with E-state index in [1.165, 1.54) is 4.46 Å². The number of ether oxygens (including phenoxy) is 1. The number of carbonyl (C=O) groups is 1. The third-order valence-corrected chi connectivity index (χ3v) is 6.87. The first-order valence-corrected chi connectivity index (χ1v) is 10.9. The molecule has 0 bridgehead atoms. The van der Waals surface area contributed by atoms with Gasteiger partial charge >= 0.3 is 176 Å². The molecule has 4 aromatic rings. The van der Waals surface area contributed by atoms with E-state index in [4.69, 9.17) is 4.74 Å². The molecule has 5 heteroatoms. The molecule has 0 aliphatic rings. The minimum absolute atomic E-state index is 0.00195. The zero-order chi connectivity index (χ0) is 20.2. The van der Waals surface area contributed by atoms with Gasteiger partial charge < -0.3 is 0 Å². The quantitative estimate of drug-likeness (QED) is 0.477. The van der Waals surface area contributed by atoms with E-state index in [0.717, 1.165) is 37.9 Å². The molecule has 4 rings (SSSR count). The fourth-order valence-electron chi connectivity index (χ4n) is 3.18. The van der Waals surface area contributed by atoms with E-state index in [2.05, 4.69) is 22.4 Å². The zero-order valence-electron chi connectivity index (χ0n) is 16.2. The second-order valence-electron chi connectivity index (χ2n) is 6.56. The first kappa shape index (κ1) is 19.2. The number of anilines is 1. The fraction of sp³-hybridized carbons (Fsp3) is 0.0833. The first-order chi connectivity index (χ1) is 14.2. The van der Waals surface area contributed by atoms with Crippen molar-refractivity contribution >= 4 is 46.4 Å². The topological polar surface area (TPSA) is 51.2 Å². The number of fused-ring (bicyclic) bond motifs is 1. The van der Waals surface area contributed by atoms with Crippen molar-refractivity contribution in [2.75, 3.05) is 12.4 Å². The fourth-order valence-corrected chi connectivity index (χ4v) is 5.34. The van der Waals surface area contributed by atoms with Crippen LogP contribution in [0.15, 0.2) is 79.0 Å². The van der Waals surface area contributed by atoms with Crippen LogP contribution >= 0.6 is 0 Å². The predicted molar refractivity (Wildman–Crippen MR) is 119 cm³/mol. The number of rotatable bonds is 5. The second kappa shape index (κ2) is 8.48. The molecule has 3 aromatic carbocycles. The van der Waals surface area contributed by atoms with Gasteiger partial charge in [0.2, 0.25) is 0 Å². The van der Waals surface area contributed by atoms with E-state index < -0.39 is 0 Å². The number of methoxy groups -OCH3 is 1. The van der Waals surface area contributed by atoms with Crippen molar-refractivity contribution in [2.24, 2.45) is 0 Å². The number of hydrogen-bond donors (Lipinski definition) is 1. The van der Waals surface area contributed by atoms with Crippen LogP contribution in [0.5, 0.6) is 5.75 Å². The van der Waals surface area contributed by atoms with Crippen LogP contribution in [0, 0.1) is 6.92 Å². The molecule has 144 valence electrons. The summed E-state index contributed by atoms with van der Waals surface area (Å²) in [6, 6.07) is 23.7. The number of hydrogen-bond acceptors (Lipinski definition) is 3. The molecule has 0 spiro atoms. The van der Waals surface area contributed by atoms with Crippen LogP contribution in [0.25, 0.3) is 10.9 Å². The second-order valence-corrected chi connectivity index (χ2v) is 8.90. The number of nitrogens with one attached hydrogen (secondary N) is 1. The van der Waals surface area contributed by atoms with E-state index in [0.29, 0.717) is 0 Å². The molecular weight excluding hydrogens is 427 g/mol. The summed E-state index contributed by atoms with van der Waals surface area (Å²) in [6.45, 7) is 1.98. The summed E-state index contributed by atoms with van der Waals surface area (Å²) in [5.41, 5.74) is 3.21. The zero-order valence-corrected chi connectivity index (χ0v) is 17.9. The molecule has 0 unspecified atom stereocenters. The molecule has 0 saturated carbocycles. The SMILES string of the molecule is COc1ccc([Se]c2cccc(C)c2C(=O)Nc2cccc3cccnc23)cc1. The van der Waals surface area contributed by atoms with Crippen molar-refractivity contribution in [3.63, 3.8) is 0 Å². The van der Waals surface area contributed by atoms with Gasteiger partial charge in [-0.2, -0.15) is 0 Å². The number of amides is 1. The van der Waals surface area contributed by atoms with Crippen LogP contribution in [-0.4, -0.2) is 33.0 Å². The van der Waals surface area contributed by atoms with Gasteiger partial charge in [-0.05, 0) is 0 Å². The van der Waals surface area contributed by atoms with Gasteiger partial charge in [0, 0.05) is 0 Å². The number of benzene rings is 3. The van der Waals surface area contributed by atoms with E-state index in [9.17, 15) is 4.79 Å². The molecule has 0 fully saturated rings. The van der Waals surface area contributed by atoms with Gasteiger partial charge in [0.15, 0.2) is 0 Å². The molecule has 1 heterocycles. The maximum absolute atomic E-state index is 13.2. The molecular formula is C24H20N2O2Se. The number of pyridine rings is 1. The number of carbonyl (C=O) groups excluding carboxylic acids is 1. The van der Waals surface area contributed by atoms with Gasteiger partial charge in [0.1, 0.15) is 0 Å². The summed E-state index contributed by atoms with van der Waals surface area (Å²) >= 11 is 0.00195. The molecule has 0 radical (unpaired) electrons. The summed E-state index contributed by atoms with van der Waals surface area (Å²) in [5, 5.41) is 4.07. The summed E-state index contributed by atoms with van der Waals surface area (Å²) in [4.78, 5) is 17.7. The third-order valence-electron chi connectivity index (χ3n) is 4.63. The normalized spacial score (nSPS) is 10.7. The Kier molecular flexibility index (Phi) is 5.61. The van der Waals surface area contributed by atoms with Gasteiger partial charge in [0.25, 0.3) is 0 Å². The van der Waals surface area contributed by atoms with Crippen molar-refractivity contribution in [1.82, 2.24) is 4.98 Å². The van der Waals surface area contributed by atoms with Crippen LogP contribution in [0.4, 0.5) is 5.69 Å². The molecule has 29 heavy (non-hydrogen) atoms. The molecule has 0 atom stereocenters. The van der Waals surface area contributed by atoms with E-state index >= 15 is 0 Å². The average Bonchev–Trinajstić information content (AvgIpc) is 2.74. The Morgan fingerprint density at radius 3 is 2.52 bits per heavy atom. The Morgan fingerprint density at radius 1 is 0.966 bits per heavy atom. The number of nitrogens with zero attached hydrogens (tertiary/aromatic N) is 1. The number of para-hydroxylation sites is 1. The molecule has 1 aromatic heterocycles. The average molecular weight is 447 g/mol. The van der Waals surface area contributed by atoms with Gasteiger partial charge in [-0.25, -0.2) is 0 Å². The number of aromatic nitrogens is 1. The van der Waals surface area contributed by atoms with Crippen LogP contribution in [0.3, 0.4) is 0 Å². The molecule has 0 aliphatic carbocycles. The monoisotopic (exact) mass is 448 g/mol. The molecule has 1 amide bonds. The maximum atomic E-state index is 13.2. The van der Waals surface area contributed by atoms with E-state index in [1.807, 2.05) is 67.6 Å². The van der Waals surface area contributed by atoms with Crippen molar-refractivity contribution in [2.45, 2.75) is 6.92 Å². The van der Waals surface area contributed by atoms with E-state index in [1.54, 1.807) is 13.3 Å². The van der Waals surface area contributed by atoms with Crippen molar-refractivity contribution in [3.05, 3.63) is 90.1 Å². The van der Waals surface area contributed by atoms with Crippen LogP contribution in [0.2, 0.25) is 0 Å². The molecule has 0 aliphatic heterocycles. The van der Waals surface area contributed by atoms with Crippen molar-refractivity contribution in [3.8, 4) is 5.75 Å². The Balaban J connectivity index is 1.66. The van der Waals surface area contributed by atoms with Gasteiger partial charge in [0.05, 0.1) is 0 Å². The van der Waals surface area contributed by atoms with Crippen molar-refractivity contribution in [1.29, 1.82) is 0 Å². The molecule has 0 saturated heterocycles. The summed E-state index contributed by atoms with van der Waals surface area (Å²) < 4.78 is 7.47. The van der Waals surface area contributed by atoms with Gasteiger partial charge in [-0.1, -0.05) is 0 Å². The third kappa shape index (κ3) is 4.16. The Labute approximate surface area is 176 Å². The first-order valence-electron chi connectivity index (χ1n) is 9.22. The Bertz CT molecular complexity index is 1170.